The van der Waals surface area contributed by atoms with Crippen LogP contribution in [0.15, 0.2) is 0 Å². The van der Waals surface area contributed by atoms with Crippen LogP contribution in [0.3, 0.4) is 0 Å². The van der Waals surface area contributed by atoms with Crippen molar-refractivity contribution >= 4 is 5.91 Å². The van der Waals surface area contributed by atoms with Crippen LogP contribution in [0.25, 0.3) is 0 Å². The van der Waals surface area contributed by atoms with Crippen LogP contribution in [0.2, 0.25) is 0 Å². The van der Waals surface area contributed by atoms with E-state index in [1.165, 1.54) is 0 Å². The van der Waals surface area contributed by atoms with Gasteiger partial charge in [0.25, 0.3) is 0 Å². The molecule has 1 aliphatic carbocycles. The molecule has 112 valence electrons. The molecule has 1 aliphatic rings. The quantitative estimate of drug-likeness (QED) is 0.888. The summed E-state index contributed by atoms with van der Waals surface area (Å²) in [5.74, 6) is -2.06. The van der Waals surface area contributed by atoms with Crippen molar-refractivity contribution in [2.45, 2.75) is 44.8 Å². The molecule has 0 aliphatic heterocycles. The number of aromatic amines is 1. The number of H-pyrrole nitrogens is 1. The zero-order valence-corrected chi connectivity index (χ0v) is 10.9. The molecule has 1 saturated carbocycles. The van der Waals surface area contributed by atoms with E-state index in [4.69, 9.17) is 0 Å². The number of alkyl halides is 3. The second-order valence-corrected chi connectivity index (χ2v) is 5.10. The Bertz CT molecular complexity index is 447. The number of tetrazole rings is 1. The number of halogens is 3. The topological polar surface area (TPSA) is 83.6 Å². The van der Waals surface area contributed by atoms with Crippen molar-refractivity contribution in [3.63, 3.8) is 0 Å². The van der Waals surface area contributed by atoms with Gasteiger partial charge < -0.3 is 5.32 Å². The third kappa shape index (κ3) is 3.45. The number of carbonyl (C=O) groups excluding carboxylic acids is 1. The Hall–Kier alpha value is -1.67. The first-order chi connectivity index (χ1) is 9.38. The van der Waals surface area contributed by atoms with Crippen LogP contribution >= 0.6 is 0 Å². The summed E-state index contributed by atoms with van der Waals surface area (Å²) in [5.41, 5.74) is 0. The SMILES string of the molecule is CC(NC(=O)C1CCCC(C(F)(F)F)C1)c1nn[nH]n1. The van der Waals surface area contributed by atoms with Crippen LogP contribution in [-0.2, 0) is 4.79 Å². The second kappa shape index (κ2) is 5.76. The average Bonchev–Trinajstić information content (AvgIpc) is 2.91. The number of hydrogen-bond acceptors (Lipinski definition) is 4. The van der Waals surface area contributed by atoms with E-state index in [0.717, 1.165) is 0 Å². The maximum atomic E-state index is 12.7. The van der Waals surface area contributed by atoms with Crippen molar-refractivity contribution in [2.75, 3.05) is 0 Å². The van der Waals surface area contributed by atoms with Crippen molar-refractivity contribution in [3.8, 4) is 0 Å². The number of carbonyl (C=O) groups is 1. The van der Waals surface area contributed by atoms with E-state index in [1.54, 1.807) is 6.92 Å². The highest BCUT2D eigenvalue weighted by molar-refractivity contribution is 5.79. The Morgan fingerprint density at radius 3 is 2.80 bits per heavy atom. The molecular weight excluding hydrogens is 275 g/mol. The van der Waals surface area contributed by atoms with Gasteiger partial charge in [0.05, 0.1) is 12.0 Å². The number of hydrogen-bond donors (Lipinski definition) is 2. The molecule has 0 spiro atoms. The molecule has 1 aromatic rings. The molecule has 0 saturated heterocycles. The van der Waals surface area contributed by atoms with Gasteiger partial charge in [-0.05, 0) is 26.2 Å². The second-order valence-electron chi connectivity index (χ2n) is 5.10. The molecule has 1 amide bonds. The number of amides is 1. The van der Waals surface area contributed by atoms with E-state index in [2.05, 4.69) is 25.9 Å². The van der Waals surface area contributed by atoms with Crippen LogP contribution in [-0.4, -0.2) is 32.7 Å². The molecule has 1 heterocycles. The lowest BCUT2D eigenvalue weighted by molar-refractivity contribution is -0.186. The van der Waals surface area contributed by atoms with E-state index in [0.29, 0.717) is 18.7 Å². The summed E-state index contributed by atoms with van der Waals surface area (Å²) in [4.78, 5) is 12.0. The minimum atomic E-state index is -4.22. The summed E-state index contributed by atoms with van der Waals surface area (Å²) in [5, 5.41) is 15.7. The molecule has 0 bridgehead atoms. The molecule has 2 rings (SSSR count). The number of rotatable bonds is 3. The highest BCUT2D eigenvalue weighted by Crippen LogP contribution is 2.40. The fourth-order valence-electron chi connectivity index (χ4n) is 2.47. The maximum Gasteiger partial charge on any atom is 0.391 e. The van der Waals surface area contributed by atoms with Crippen LogP contribution in [0.5, 0.6) is 0 Å². The van der Waals surface area contributed by atoms with E-state index >= 15 is 0 Å². The monoisotopic (exact) mass is 291 g/mol. The van der Waals surface area contributed by atoms with Gasteiger partial charge in [0.15, 0.2) is 5.82 Å². The Morgan fingerprint density at radius 1 is 1.45 bits per heavy atom. The van der Waals surface area contributed by atoms with Crippen molar-refractivity contribution in [3.05, 3.63) is 5.82 Å². The van der Waals surface area contributed by atoms with Gasteiger partial charge >= 0.3 is 6.18 Å². The largest absolute Gasteiger partial charge is 0.391 e. The molecule has 6 nitrogen and oxygen atoms in total. The molecule has 3 atom stereocenters. The predicted molar refractivity (Wildman–Crippen MR) is 62.2 cm³/mol. The first-order valence-corrected chi connectivity index (χ1v) is 6.48. The van der Waals surface area contributed by atoms with Gasteiger partial charge in [-0.15, -0.1) is 10.2 Å². The molecule has 2 N–H and O–H groups in total. The first-order valence-electron chi connectivity index (χ1n) is 6.48. The first kappa shape index (κ1) is 14.7. The third-order valence-corrected chi connectivity index (χ3v) is 3.62. The van der Waals surface area contributed by atoms with Gasteiger partial charge in [-0.2, -0.15) is 18.4 Å². The van der Waals surface area contributed by atoms with Gasteiger partial charge in [-0.25, -0.2) is 0 Å². The summed E-state index contributed by atoms with van der Waals surface area (Å²) in [7, 11) is 0. The molecule has 1 fully saturated rings. The van der Waals surface area contributed by atoms with Crippen molar-refractivity contribution in [1.29, 1.82) is 0 Å². The van der Waals surface area contributed by atoms with E-state index in [-0.39, 0.29) is 18.7 Å². The Balaban J connectivity index is 1.92. The van der Waals surface area contributed by atoms with Gasteiger partial charge in [-0.1, -0.05) is 11.6 Å². The zero-order valence-electron chi connectivity index (χ0n) is 10.9. The lowest BCUT2D eigenvalue weighted by Gasteiger charge is -2.30. The van der Waals surface area contributed by atoms with Gasteiger partial charge in [0.1, 0.15) is 0 Å². The molecule has 0 aromatic carbocycles. The highest BCUT2D eigenvalue weighted by Gasteiger charge is 2.43. The van der Waals surface area contributed by atoms with E-state index in [9.17, 15) is 18.0 Å². The molecule has 0 radical (unpaired) electrons. The highest BCUT2D eigenvalue weighted by atomic mass is 19.4. The molecular formula is C11H16F3N5O. The standard InChI is InChI=1S/C11H16F3N5O/c1-6(9-16-18-19-17-9)15-10(20)7-3-2-4-8(5-7)11(12,13)14/h6-8H,2-5H2,1H3,(H,15,20)(H,16,17,18,19). The Kier molecular flexibility index (Phi) is 4.24. The molecule has 3 unspecified atom stereocenters. The van der Waals surface area contributed by atoms with Gasteiger partial charge in [0, 0.05) is 5.92 Å². The number of nitrogens with zero attached hydrogens (tertiary/aromatic N) is 3. The summed E-state index contributed by atoms with van der Waals surface area (Å²) in [6.45, 7) is 1.66. The summed E-state index contributed by atoms with van der Waals surface area (Å²) in [6, 6.07) is -0.479. The van der Waals surface area contributed by atoms with E-state index in [1.807, 2.05) is 0 Å². The minimum Gasteiger partial charge on any atom is -0.346 e. The Labute approximate surface area is 113 Å². The predicted octanol–water partition coefficient (Wildman–Crippen LogP) is 1.75. The average molecular weight is 291 g/mol. The van der Waals surface area contributed by atoms with Crippen molar-refractivity contribution in [2.24, 2.45) is 11.8 Å². The third-order valence-electron chi connectivity index (χ3n) is 3.62. The van der Waals surface area contributed by atoms with Crippen molar-refractivity contribution < 1.29 is 18.0 Å². The van der Waals surface area contributed by atoms with Crippen LogP contribution in [0, 0.1) is 11.8 Å². The smallest absolute Gasteiger partial charge is 0.346 e. The van der Waals surface area contributed by atoms with Crippen LogP contribution < -0.4 is 5.32 Å². The number of nitrogens with one attached hydrogen (secondary N) is 2. The van der Waals surface area contributed by atoms with Crippen molar-refractivity contribution in [1.82, 2.24) is 25.9 Å². The summed E-state index contributed by atoms with van der Waals surface area (Å²) in [6.07, 6.45) is -3.36. The lowest BCUT2D eigenvalue weighted by atomic mass is 9.80. The Morgan fingerprint density at radius 2 is 2.20 bits per heavy atom. The van der Waals surface area contributed by atoms with Gasteiger partial charge in [0.2, 0.25) is 5.91 Å². The van der Waals surface area contributed by atoms with Gasteiger partial charge in [-0.3, -0.25) is 4.79 Å². The summed E-state index contributed by atoms with van der Waals surface area (Å²) < 4.78 is 38.1. The minimum absolute atomic E-state index is 0.105. The van der Waals surface area contributed by atoms with Crippen LogP contribution in [0.4, 0.5) is 13.2 Å². The normalized spacial score (nSPS) is 25.2. The summed E-state index contributed by atoms with van der Waals surface area (Å²) >= 11 is 0. The lowest BCUT2D eigenvalue weighted by Crippen LogP contribution is -2.38. The van der Waals surface area contributed by atoms with E-state index < -0.39 is 24.1 Å². The fourth-order valence-corrected chi connectivity index (χ4v) is 2.47. The number of aromatic nitrogens is 4. The maximum absolute atomic E-state index is 12.7. The zero-order chi connectivity index (χ0) is 14.8. The molecule has 1 aromatic heterocycles. The fraction of sp³-hybridized carbons (Fsp3) is 0.818. The molecule has 20 heavy (non-hydrogen) atoms. The molecule has 9 heteroatoms. The van der Waals surface area contributed by atoms with Crippen LogP contribution in [0.1, 0.15) is 44.5 Å².